The van der Waals surface area contributed by atoms with Crippen molar-refractivity contribution in [1.29, 1.82) is 0 Å². The van der Waals surface area contributed by atoms with Crippen molar-refractivity contribution >= 4 is 27.5 Å². The van der Waals surface area contributed by atoms with E-state index in [-0.39, 0.29) is 0 Å². The molecule has 2 nitrogen and oxygen atoms in total. The molecule has 1 aromatic carbocycles. The van der Waals surface area contributed by atoms with E-state index in [2.05, 4.69) is 53.2 Å². The molecule has 1 rings (SSSR count). The first-order valence-electron chi connectivity index (χ1n) is 5.31. The van der Waals surface area contributed by atoms with Crippen LogP contribution in [-0.4, -0.2) is 31.6 Å². The van der Waals surface area contributed by atoms with E-state index >= 15 is 0 Å². The lowest BCUT2D eigenvalue weighted by atomic mass is 10.2. The molecule has 0 fully saturated rings. The highest BCUT2D eigenvalue weighted by Crippen LogP contribution is 2.20. The van der Waals surface area contributed by atoms with Crippen LogP contribution in [0, 0.1) is 0 Å². The summed E-state index contributed by atoms with van der Waals surface area (Å²) < 4.78 is 1.06. The Balaban J connectivity index is 2.45. The second-order valence-electron chi connectivity index (χ2n) is 4.18. The molecule has 0 saturated heterocycles. The maximum atomic E-state index is 6.10. The molecule has 90 valence electrons. The number of benzene rings is 1. The Kier molecular flexibility index (Phi) is 5.76. The van der Waals surface area contributed by atoms with Gasteiger partial charge in [0.15, 0.2) is 0 Å². The summed E-state index contributed by atoms with van der Waals surface area (Å²) in [6.45, 7) is 3.95. The molecule has 0 aliphatic carbocycles. The number of hydrogen-bond donors (Lipinski definition) is 1. The number of rotatable bonds is 5. The Bertz CT molecular complexity index is 342. The molecular weight excluding hydrogens is 288 g/mol. The fourth-order valence-corrected chi connectivity index (χ4v) is 1.87. The van der Waals surface area contributed by atoms with E-state index in [0.29, 0.717) is 6.04 Å². The lowest BCUT2D eigenvalue weighted by Gasteiger charge is -2.20. The molecule has 0 heterocycles. The predicted octanol–water partition coefficient (Wildman–Crippen LogP) is 3.14. The van der Waals surface area contributed by atoms with E-state index in [4.69, 9.17) is 11.6 Å². The van der Waals surface area contributed by atoms with Gasteiger partial charge in [0.2, 0.25) is 0 Å². The highest BCUT2D eigenvalue weighted by atomic mass is 79.9. The molecule has 0 aliphatic rings. The molecule has 0 amide bonds. The van der Waals surface area contributed by atoms with Crippen molar-refractivity contribution < 1.29 is 0 Å². The Morgan fingerprint density at radius 2 is 2.12 bits per heavy atom. The minimum absolute atomic E-state index is 0.519. The first kappa shape index (κ1) is 14.0. The van der Waals surface area contributed by atoms with Gasteiger partial charge in [-0.15, -0.1) is 0 Å². The van der Waals surface area contributed by atoms with E-state index in [9.17, 15) is 0 Å². The lowest BCUT2D eigenvalue weighted by molar-refractivity contribution is 0.302. The van der Waals surface area contributed by atoms with Crippen LogP contribution in [0.3, 0.4) is 0 Å². The summed E-state index contributed by atoms with van der Waals surface area (Å²) in [5.41, 5.74) is 1.13. The zero-order valence-corrected chi connectivity index (χ0v) is 12.3. The molecule has 1 atom stereocenters. The number of hydrogen-bond acceptors (Lipinski definition) is 2. The Morgan fingerprint density at radius 3 is 2.75 bits per heavy atom. The molecule has 1 aromatic rings. The van der Waals surface area contributed by atoms with Crippen molar-refractivity contribution in [3.8, 4) is 0 Å². The van der Waals surface area contributed by atoms with Crippen LogP contribution >= 0.6 is 27.5 Å². The first-order chi connectivity index (χ1) is 7.50. The Morgan fingerprint density at radius 1 is 1.44 bits per heavy atom. The number of nitrogens with zero attached hydrogens (tertiary/aromatic N) is 1. The van der Waals surface area contributed by atoms with Crippen LogP contribution in [0.15, 0.2) is 22.7 Å². The van der Waals surface area contributed by atoms with Gasteiger partial charge in [0.05, 0.1) is 0 Å². The first-order valence-corrected chi connectivity index (χ1v) is 6.49. The molecule has 0 aromatic heterocycles. The van der Waals surface area contributed by atoms with E-state index in [1.165, 1.54) is 0 Å². The standard InChI is InChI=1S/C12H18BrClN2/c1-9(16(2)3)7-15-8-10-6-11(13)4-5-12(10)14/h4-6,9,15H,7-8H2,1-3H3. The molecule has 0 saturated carbocycles. The second kappa shape index (κ2) is 6.60. The summed E-state index contributed by atoms with van der Waals surface area (Å²) in [7, 11) is 4.16. The van der Waals surface area contributed by atoms with E-state index < -0.39 is 0 Å². The van der Waals surface area contributed by atoms with Gasteiger partial charge in [-0.05, 0) is 44.8 Å². The van der Waals surface area contributed by atoms with Crippen LogP contribution in [0.1, 0.15) is 12.5 Å². The molecule has 16 heavy (non-hydrogen) atoms. The van der Waals surface area contributed by atoms with E-state index in [1.807, 2.05) is 12.1 Å². The van der Waals surface area contributed by atoms with Gasteiger partial charge in [-0.2, -0.15) is 0 Å². The average molecular weight is 306 g/mol. The van der Waals surface area contributed by atoms with Crippen molar-refractivity contribution in [3.05, 3.63) is 33.3 Å². The normalized spacial score (nSPS) is 13.1. The largest absolute Gasteiger partial charge is 0.311 e. The van der Waals surface area contributed by atoms with Crippen molar-refractivity contribution in [2.24, 2.45) is 0 Å². The van der Waals surface area contributed by atoms with Crippen LogP contribution in [0.25, 0.3) is 0 Å². The zero-order valence-electron chi connectivity index (χ0n) is 9.93. The fraction of sp³-hybridized carbons (Fsp3) is 0.500. The van der Waals surface area contributed by atoms with Gasteiger partial charge in [0.25, 0.3) is 0 Å². The minimum Gasteiger partial charge on any atom is -0.311 e. The van der Waals surface area contributed by atoms with Crippen LogP contribution in [0.5, 0.6) is 0 Å². The van der Waals surface area contributed by atoms with Crippen LogP contribution in [-0.2, 0) is 6.54 Å². The van der Waals surface area contributed by atoms with Crippen LogP contribution in [0.2, 0.25) is 5.02 Å². The maximum absolute atomic E-state index is 6.10. The van der Waals surface area contributed by atoms with Gasteiger partial charge in [-0.25, -0.2) is 0 Å². The summed E-state index contributed by atoms with van der Waals surface area (Å²) in [5, 5.41) is 4.22. The van der Waals surface area contributed by atoms with Gasteiger partial charge in [0, 0.05) is 28.6 Å². The molecule has 1 unspecified atom stereocenters. The molecule has 0 radical (unpaired) electrons. The number of halogens is 2. The van der Waals surface area contributed by atoms with Gasteiger partial charge >= 0.3 is 0 Å². The predicted molar refractivity (Wildman–Crippen MR) is 74.0 cm³/mol. The van der Waals surface area contributed by atoms with Gasteiger partial charge < -0.3 is 10.2 Å². The summed E-state index contributed by atoms with van der Waals surface area (Å²) in [4.78, 5) is 2.19. The SMILES string of the molecule is CC(CNCc1cc(Br)ccc1Cl)N(C)C. The second-order valence-corrected chi connectivity index (χ2v) is 5.50. The summed E-state index contributed by atoms with van der Waals surface area (Å²) in [5.74, 6) is 0. The molecule has 0 aliphatic heterocycles. The summed E-state index contributed by atoms with van der Waals surface area (Å²) >= 11 is 9.55. The van der Waals surface area contributed by atoms with Crippen molar-refractivity contribution in [2.45, 2.75) is 19.5 Å². The fourth-order valence-electron chi connectivity index (χ4n) is 1.28. The van der Waals surface area contributed by atoms with Crippen molar-refractivity contribution in [3.63, 3.8) is 0 Å². The van der Waals surface area contributed by atoms with Crippen LogP contribution < -0.4 is 5.32 Å². The molecule has 0 spiro atoms. The topological polar surface area (TPSA) is 15.3 Å². The third-order valence-corrected chi connectivity index (χ3v) is 3.51. The highest BCUT2D eigenvalue weighted by Gasteiger charge is 2.05. The molecule has 1 N–H and O–H groups in total. The number of nitrogens with one attached hydrogen (secondary N) is 1. The van der Waals surface area contributed by atoms with Gasteiger partial charge in [0.1, 0.15) is 0 Å². The van der Waals surface area contributed by atoms with Crippen molar-refractivity contribution in [1.82, 2.24) is 10.2 Å². The van der Waals surface area contributed by atoms with Crippen LogP contribution in [0.4, 0.5) is 0 Å². The zero-order chi connectivity index (χ0) is 12.1. The lowest BCUT2D eigenvalue weighted by Crippen LogP contribution is -2.35. The molecule has 4 heteroatoms. The summed E-state index contributed by atoms with van der Waals surface area (Å²) in [6, 6.07) is 6.44. The maximum Gasteiger partial charge on any atom is 0.0451 e. The Hall–Kier alpha value is -0.0900. The molecule has 0 bridgehead atoms. The van der Waals surface area contributed by atoms with E-state index in [0.717, 1.165) is 28.1 Å². The quantitative estimate of drug-likeness (QED) is 0.899. The highest BCUT2D eigenvalue weighted by molar-refractivity contribution is 9.10. The Labute approximate surface area is 111 Å². The average Bonchev–Trinajstić information content (AvgIpc) is 2.22. The van der Waals surface area contributed by atoms with Gasteiger partial charge in [-0.3, -0.25) is 0 Å². The number of likely N-dealkylation sites (N-methyl/N-ethyl adjacent to an activating group) is 1. The minimum atomic E-state index is 0.519. The smallest absolute Gasteiger partial charge is 0.0451 e. The summed E-state index contributed by atoms with van der Waals surface area (Å²) in [6.07, 6.45) is 0. The van der Waals surface area contributed by atoms with E-state index in [1.54, 1.807) is 0 Å². The van der Waals surface area contributed by atoms with Gasteiger partial charge in [-0.1, -0.05) is 27.5 Å². The molecular formula is C12H18BrClN2. The third-order valence-electron chi connectivity index (χ3n) is 2.64. The monoisotopic (exact) mass is 304 g/mol. The van der Waals surface area contributed by atoms with Crippen molar-refractivity contribution in [2.75, 3.05) is 20.6 Å². The third kappa shape index (κ3) is 4.42.